The first kappa shape index (κ1) is 15.9. The molecule has 1 aliphatic rings. The zero-order valence-corrected chi connectivity index (χ0v) is 13.8. The molecule has 0 saturated heterocycles. The van der Waals surface area contributed by atoms with Crippen LogP contribution in [-0.2, 0) is 4.79 Å². The standard InChI is InChI=1S/C19H18N2O3/c1-11-8-12(2)17(13(3)9-11)20-16(22)10-21-18(23)14-6-4-5-7-15(14)19(21)24/h4-9H,10H2,1-3H3,(H,20,22). The number of anilines is 1. The highest BCUT2D eigenvalue weighted by Crippen LogP contribution is 2.24. The zero-order chi connectivity index (χ0) is 17.4. The fraction of sp³-hybridized carbons (Fsp3) is 0.211. The molecule has 0 unspecified atom stereocenters. The quantitative estimate of drug-likeness (QED) is 0.884. The van der Waals surface area contributed by atoms with Gasteiger partial charge < -0.3 is 5.32 Å². The molecule has 3 rings (SSSR count). The van der Waals surface area contributed by atoms with Crippen LogP contribution in [-0.4, -0.2) is 29.2 Å². The van der Waals surface area contributed by atoms with Crippen molar-refractivity contribution in [3.05, 3.63) is 64.2 Å². The predicted octanol–water partition coefficient (Wildman–Crippen LogP) is 2.85. The lowest BCUT2D eigenvalue weighted by Crippen LogP contribution is -2.37. The summed E-state index contributed by atoms with van der Waals surface area (Å²) in [6.45, 7) is 5.53. The fourth-order valence-corrected chi connectivity index (χ4v) is 3.08. The molecule has 3 amide bonds. The third-order valence-corrected chi connectivity index (χ3v) is 4.12. The van der Waals surface area contributed by atoms with Crippen LogP contribution < -0.4 is 5.32 Å². The van der Waals surface area contributed by atoms with Crippen LogP contribution in [0.2, 0.25) is 0 Å². The SMILES string of the molecule is Cc1cc(C)c(NC(=O)CN2C(=O)c3ccccc3C2=O)c(C)c1. The molecule has 0 radical (unpaired) electrons. The van der Waals surface area contributed by atoms with E-state index in [1.165, 1.54) is 0 Å². The highest BCUT2D eigenvalue weighted by Gasteiger charge is 2.36. The number of hydrogen-bond acceptors (Lipinski definition) is 3. The van der Waals surface area contributed by atoms with E-state index < -0.39 is 11.8 Å². The fourth-order valence-electron chi connectivity index (χ4n) is 3.08. The van der Waals surface area contributed by atoms with Crippen LogP contribution in [0.1, 0.15) is 37.4 Å². The van der Waals surface area contributed by atoms with Gasteiger partial charge in [-0.15, -0.1) is 0 Å². The van der Waals surface area contributed by atoms with Gasteiger partial charge in [-0.05, 0) is 44.0 Å². The van der Waals surface area contributed by atoms with E-state index in [-0.39, 0.29) is 12.5 Å². The van der Waals surface area contributed by atoms with Crippen molar-refractivity contribution in [1.29, 1.82) is 0 Å². The van der Waals surface area contributed by atoms with E-state index in [0.29, 0.717) is 11.1 Å². The number of carbonyl (C=O) groups excluding carboxylic acids is 3. The van der Waals surface area contributed by atoms with Crippen molar-refractivity contribution in [2.45, 2.75) is 20.8 Å². The number of carbonyl (C=O) groups is 3. The van der Waals surface area contributed by atoms with Gasteiger partial charge in [0.05, 0.1) is 11.1 Å². The largest absolute Gasteiger partial charge is 0.324 e. The Morgan fingerprint density at radius 2 is 1.46 bits per heavy atom. The van der Waals surface area contributed by atoms with E-state index in [1.54, 1.807) is 24.3 Å². The Morgan fingerprint density at radius 3 is 1.96 bits per heavy atom. The number of nitrogens with zero attached hydrogens (tertiary/aromatic N) is 1. The smallest absolute Gasteiger partial charge is 0.262 e. The second kappa shape index (κ2) is 5.92. The molecule has 2 aromatic rings. The number of rotatable bonds is 3. The van der Waals surface area contributed by atoms with E-state index in [2.05, 4.69) is 5.32 Å². The molecule has 0 aromatic heterocycles. The molecule has 1 aliphatic heterocycles. The number of fused-ring (bicyclic) bond motifs is 1. The molecule has 122 valence electrons. The lowest BCUT2D eigenvalue weighted by Gasteiger charge is -2.16. The van der Waals surface area contributed by atoms with Gasteiger partial charge in [-0.1, -0.05) is 29.8 Å². The molecule has 1 heterocycles. The number of benzene rings is 2. The minimum atomic E-state index is -0.428. The molecule has 0 spiro atoms. The maximum atomic E-state index is 12.3. The van der Waals surface area contributed by atoms with E-state index in [1.807, 2.05) is 32.9 Å². The van der Waals surface area contributed by atoms with Crippen LogP contribution in [0.25, 0.3) is 0 Å². The first-order valence-corrected chi connectivity index (χ1v) is 7.71. The second-order valence-electron chi connectivity index (χ2n) is 6.06. The number of aryl methyl sites for hydroxylation is 3. The molecule has 0 fully saturated rings. The summed E-state index contributed by atoms with van der Waals surface area (Å²) < 4.78 is 0. The Balaban J connectivity index is 1.78. The number of hydrogen-bond donors (Lipinski definition) is 1. The Labute approximate surface area is 140 Å². The molecule has 0 bridgehead atoms. The van der Waals surface area contributed by atoms with E-state index in [0.717, 1.165) is 27.3 Å². The van der Waals surface area contributed by atoms with Crippen LogP contribution in [0.4, 0.5) is 5.69 Å². The monoisotopic (exact) mass is 322 g/mol. The van der Waals surface area contributed by atoms with Crippen molar-refractivity contribution in [3.63, 3.8) is 0 Å². The molecule has 24 heavy (non-hydrogen) atoms. The lowest BCUT2D eigenvalue weighted by molar-refractivity contribution is -0.116. The van der Waals surface area contributed by atoms with Gasteiger partial charge in [-0.3, -0.25) is 19.3 Å². The average molecular weight is 322 g/mol. The van der Waals surface area contributed by atoms with Gasteiger partial charge in [-0.2, -0.15) is 0 Å². The summed E-state index contributed by atoms with van der Waals surface area (Å²) in [6.07, 6.45) is 0. The summed E-state index contributed by atoms with van der Waals surface area (Å²) in [4.78, 5) is 37.9. The van der Waals surface area contributed by atoms with Gasteiger partial charge >= 0.3 is 0 Å². The molecule has 0 saturated carbocycles. The molecule has 2 aromatic carbocycles. The van der Waals surface area contributed by atoms with Crippen LogP contribution in [0.3, 0.4) is 0 Å². The summed E-state index contributed by atoms with van der Waals surface area (Å²) in [7, 11) is 0. The van der Waals surface area contributed by atoms with Gasteiger partial charge in [0.15, 0.2) is 0 Å². The van der Waals surface area contributed by atoms with E-state index >= 15 is 0 Å². The number of nitrogens with one attached hydrogen (secondary N) is 1. The normalized spacial score (nSPS) is 13.2. The number of imide groups is 1. The van der Waals surface area contributed by atoms with Gasteiger partial charge in [0.25, 0.3) is 11.8 Å². The third kappa shape index (κ3) is 2.69. The average Bonchev–Trinajstić information content (AvgIpc) is 2.76. The number of amides is 3. The topological polar surface area (TPSA) is 66.5 Å². The van der Waals surface area contributed by atoms with Gasteiger partial charge in [0, 0.05) is 5.69 Å². The molecule has 0 atom stereocenters. The third-order valence-electron chi connectivity index (χ3n) is 4.12. The predicted molar refractivity (Wildman–Crippen MR) is 91.1 cm³/mol. The van der Waals surface area contributed by atoms with Crippen molar-refractivity contribution in [2.24, 2.45) is 0 Å². The highest BCUT2D eigenvalue weighted by molar-refractivity contribution is 6.22. The Hall–Kier alpha value is -2.95. The van der Waals surface area contributed by atoms with Crippen molar-refractivity contribution in [2.75, 3.05) is 11.9 Å². The van der Waals surface area contributed by atoms with Crippen molar-refractivity contribution in [3.8, 4) is 0 Å². The molecule has 5 heteroatoms. The van der Waals surface area contributed by atoms with Crippen molar-refractivity contribution in [1.82, 2.24) is 4.90 Å². The summed E-state index contributed by atoms with van der Waals surface area (Å²) in [5.74, 6) is -1.24. The van der Waals surface area contributed by atoms with Crippen LogP contribution in [0, 0.1) is 20.8 Å². The van der Waals surface area contributed by atoms with E-state index in [4.69, 9.17) is 0 Å². The minimum Gasteiger partial charge on any atom is -0.324 e. The maximum Gasteiger partial charge on any atom is 0.262 e. The first-order valence-electron chi connectivity index (χ1n) is 7.71. The molecule has 5 nitrogen and oxygen atoms in total. The van der Waals surface area contributed by atoms with Gasteiger partial charge in [-0.25, -0.2) is 0 Å². The second-order valence-corrected chi connectivity index (χ2v) is 6.06. The summed E-state index contributed by atoms with van der Waals surface area (Å²) in [5.41, 5.74) is 4.42. The summed E-state index contributed by atoms with van der Waals surface area (Å²) >= 11 is 0. The summed E-state index contributed by atoms with van der Waals surface area (Å²) in [5, 5.41) is 2.82. The molecular formula is C19H18N2O3. The van der Waals surface area contributed by atoms with Gasteiger partial charge in [0.2, 0.25) is 5.91 Å². The van der Waals surface area contributed by atoms with Crippen LogP contribution in [0.15, 0.2) is 36.4 Å². The zero-order valence-electron chi connectivity index (χ0n) is 13.8. The lowest BCUT2D eigenvalue weighted by atomic mass is 10.1. The van der Waals surface area contributed by atoms with Crippen molar-refractivity contribution < 1.29 is 14.4 Å². The first-order chi connectivity index (χ1) is 11.4. The maximum absolute atomic E-state index is 12.3. The molecule has 1 N–H and O–H groups in total. The van der Waals surface area contributed by atoms with Crippen LogP contribution in [0.5, 0.6) is 0 Å². The van der Waals surface area contributed by atoms with Crippen LogP contribution >= 0.6 is 0 Å². The van der Waals surface area contributed by atoms with Crippen molar-refractivity contribution >= 4 is 23.4 Å². The van der Waals surface area contributed by atoms with E-state index in [9.17, 15) is 14.4 Å². The summed E-state index contributed by atoms with van der Waals surface area (Å²) in [6, 6.07) is 10.6. The Kier molecular flexibility index (Phi) is 3.93. The molecular weight excluding hydrogens is 304 g/mol. The Morgan fingerprint density at radius 1 is 0.958 bits per heavy atom. The molecule has 0 aliphatic carbocycles. The van der Waals surface area contributed by atoms with Gasteiger partial charge in [0.1, 0.15) is 6.54 Å². The highest BCUT2D eigenvalue weighted by atomic mass is 16.2. The Bertz CT molecular complexity index is 813. The minimum absolute atomic E-state index is 0.293.